The Bertz CT molecular complexity index is 557. The molecule has 0 aromatic carbocycles. The molecule has 0 aromatic heterocycles. The molecule has 1 unspecified atom stereocenters. The van der Waals surface area contributed by atoms with Gasteiger partial charge in [-0.05, 0) is 37.5 Å². The van der Waals surface area contributed by atoms with Gasteiger partial charge >= 0.3 is 15.6 Å². The van der Waals surface area contributed by atoms with Crippen LogP contribution in [0.3, 0.4) is 0 Å². The number of hydrogen-bond acceptors (Lipinski definition) is 4. The predicted molar refractivity (Wildman–Crippen MR) is 117 cm³/mol. The average Bonchev–Trinajstić information content (AvgIpc) is 2.51. The summed E-state index contributed by atoms with van der Waals surface area (Å²) in [6, 6.07) is 0. The van der Waals surface area contributed by atoms with Crippen molar-refractivity contribution in [3.63, 3.8) is 0 Å². The van der Waals surface area contributed by atoms with Gasteiger partial charge in [0.05, 0.1) is 6.61 Å². The van der Waals surface area contributed by atoms with Crippen LogP contribution in [0.2, 0.25) is 0 Å². The van der Waals surface area contributed by atoms with E-state index >= 15 is 0 Å². The van der Waals surface area contributed by atoms with Gasteiger partial charge in [-0.2, -0.15) is 4.31 Å². The second kappa shape index (κ2) is 14.9. The number of phosphoric acid groups is 2. The Labute approximate surface area is 177 Å². The van der Waals surface area contributed by atoms with Crippen LogP contribution in [-0.4, -0.2) is 21.3 Å². The smallest absolute Gasteiger partial charge is 0.302 e. The molecule has 0 aliphatic rings. The van der Waals surface area contributed by atoms with Gasteiger partial charge in [0, 0.05) is 0 Å². The molecule has 0 aromatic rings. The van der Waals surface area contributed by atoms with Gasteiger partial charge in [0.25, 0.3) is 0 Å². The highest BCUT2D eigenvalue weighted by Crippen LogP contribution is 2.57. The lowest BCUT2D eigenvalue weighted by Gasteiger charge is -2.15. The topological polar surface area (TPSA) is 113 Å². The molecule has 0 heterocycles. The van der Waals surface area contributed by atoms with E-state index in [1.54, 1.807) is 6.08 Å². The molecule has 0 fully saturated rings. The Balaban J connectivity index is 3.89. The van der Waals surface area contributed by atoms with Crippen LogP contribution in [0.25, 0.3) is 0 Å². The van der Waals surface area contributed by atoms with Gasteiger partial charge in [-0.3, -0.25) is 4.52 Å². The van der Waals surface area contributed by atoms with Crippen LogP contribution in [0.15, 0.2) is 11.6 Å². The molecule has 0 amide bonds. The van der Waals surface area contributed by atoms with Crippen molar-refractivity contribution in [1.29, 1.82) is 0 Å². The maximum atomic E-state index is 11.3. The lowest BCUT2D eigenvalue weighted by molar-refractivity contribution is 0.191. The van der Waals surface area contributed by atoms with E-state index in [1.807, 2.05) is 6.92 Å². The minimum absolute atomic E-state index is 0.232. The van der Waals surface area contributed by atoms with Crippen molar-refractivity contribution >= 4 is 15.6 Å². The van der Waals surface area contributed by atoms with Crippen molar-refractivity contribution in [1.82, 2.24) is 0 Å². The van der Waals surface area contributed by atoms with Gasteiger partial charge in [-0.15, -0.1) is 0 Å². The Hall–Kier alpha value is -0.0000000000000000416. The summed E-state index contributed by atoms with van der Waals surface area (Å²) < 4.78 is 30.2. The first-order chi connectivity index (χ1) is 13.3. The number of rotatable bonds is 17. The van der Waals surface area contributed by atoms with Crippen LogP contribution in [-0.2, 0) is 18.0 Å². The standard InChI is InChI=1S/C20H42O7P2/c1-17(2)9-6-10-18(3)11-7-12-19(4)13-8-14-20(5)15-16-26-29(24,25)27-28(21,22)23/h15,17-19H,6-14,16H2,1-5H3,(H,24,25)(H2,21,22,23)/b20-15+/t18-,19-/m0/s1. The third-order valence-corrected chi connectivity index (χ3v) is 7.17. The first kappa shape index (κ1) is 29.0. The molecular formula is C20H42O7P2. The highest BCUT2D eigenvalue weighted by atomic mass is 31.3. The molecule has 0 saturated carbocycles. The third kappa shape index (κ3) is 19.7. The molecule has 174 valence electrons. The van der Waals surface area contributed by atoms with E-state index in [1.165, 1.54) is 38.5 Å². The number of phosphoric ester groups is 1. The highest BCUT2D eigenvalue weighted by molar-refractivity contribution is 7.60. The Morgan fingerprint density at radius 1 is 0.862 bits per heavy atom. The molecular weight excluding hydrogens is 414 g/mol. The van der Waals surface area contributed by atoms with Crippen LogP contribution in [0.5, 0.6) is 0 Å². The lowest BCUT2D eigenvalue weighted by Crippen LogP contribution is -2.00. The fourth-order valence-electron chi connectivity index (χ4n) is 3.24. The third-order valence-electron chi connectivity index (χ3n) is 5.02. The first-order valence-corrected chi connectivity index (χ1v) is 13.7. The first-order valence-electron chi connectivity index (χ1n) is 10.7. The molecule has 0 aliphatic heterocycles. The van der Waals surface area contributed by atoms with E-state index in [2.05, 4.69) is 36.5 Å². The second-order valence-corrected chi connectivity index (χ2v) is 11.6. The fourth-order valence-corrected chi connectivity index (χ4v) is 4.77. The Kier molecular flexibility index (Phi) is 14.9. The van der Waals surface area contributed by atoms with Crippen LogP contribution in [0, 0.1) is 17.8 Å². The van der Waals surface area contributed by atoms with Crippen LogP contribution >= 0.6 is 15.6 Å². The minimum atomic E-state index is -5.06. The molecule has 7 nitrogen and oxygen atoms in total. The summed E-state index contributed by atoms with van der Waals surface area (Å²) in [4.78, 5) is 26.3. The average molecular weight is 456 g/mol. The molecule has 3 N–H and O–H groups in total. The minimum Gasteiger partial charge on any atom is -0.302 e. The summed E-state index contributed by atoms with van der Waals surface area (Å²) in [7, 11) is -9.82. The fraction of sp³-hybridized carbons (Fsp3) is 0.900. The van der Waals surface area contributed by atoms with Gasteiger partial charge < -0.3 is 14.7 Å². The van der Waals surface area contributed by atoms with E-state index in [-0.39, 0.29) is 6.61 Å². The molecule has 29 heavy (non-hydrogen) atoms. The summed E-state index contributed by atoms with van der Waals surface area (Å²) in [6.45, 7) is 10.9. The molecule has 0 radical (unpaired) electrons. The van der Waals surface area contributed by atoms with Crippen LogP contribution in [0.1, 0.15) is 92.4 Å². The van der Waals surface area contributed by atoms with E-state index in [9.17, 15) is 14.0 Å². The molecule has 3 atom stereocenters. The number of allylic oxidation sites excluding steroid dienone is 1. The van der Waals surface area contributed by atoms with Crippen molar-refractivity contribution in [2.45, 2.75) is 92.4 Å². The van der Waals surface area contributed by atoms with Crippen molar-refractivity contribution in [2.24, 2.45) is 17.8 Å². The van der Waals surface area contributed by atoms with E-state index in [4.69, 9.17) is 9.79 Å². The quantitative estimate of drug-likeness (QED) is 0.167. The van der Waals surface area contributed by atoms with Gasteiger partial charge in [0.15, 0.2) is 0 Å². The molecule has 0 aliphatic carbocycles. The zero-order chi connectivity index (χ0) is 22.5. The number of hydrogen-bond donors (Lipinski definition) is 3. The molecule has 0 spiro atoms. The zero-order valence-corrected chi connectivity index (χ0v) is 20.5. The maximum absolute atomic E-state index is 11.3. The maximum Gasteiger partial charge on any atom is 0.481 e. The lowest BCUT2D eigenvalue weighted by atomic mass is 9.91. The van der Waals surface area contributed by atoms with Crippen LogP contribution in [0.4, 0.5) is 0 Å². The molecule has 0 bridgehead atoms. The van der Waals surface area contributed by atoms with E-state index < -0.39 is 15.6 Å². The predicted octanol–water partition coefficient (Wildman–Crippen LogP) is 6.60. The van der Waals surface area contributed by atoms with Crippen molar-refractivity contribution < 1.29 is 32.6 Å². The monoisotopic (exact) mass is 456 g/mol. The van der Waals surface area contributed by atoms with Crippen molar-refractivity contribution in [3.8, 4) is 0 Å². The van der Waals surface area contributed by atoms with Crippen molar-refractivity contribution in [2.75, 3.05) is 6.61 Å². The van der Waals surface area contributed by atoms with Gasteiger partial charge in [0.1, 0.15) is 0 Å². The largest absolute Gasteiger partial charge is 0.481 e. The summed E-state index contributed by atoms with van der Waals surface area (Å²) in [6.07, 6.45) is 12.5. The second-order valence-electron chi connectivity index (χ2n) is 8.75. The summed E-state index contributed by atoms with van der Waals surface area (Å²) in [5.41, 5.74) is 1.01. The highest BCUT2D eigenvalue weighted by Gasteiger charge is 2.31. The Morgan fingerprint density at radius 2 is 1.34 bits per heavy atom. The van der Waals surface area contributed by atoms with E-state index in [0.29, 0.717) is 5.92 Å². The normalized spacial score (nSPS) is 17.3. The van der Waals surface area contributed by atoms with Gasteiger partial charge in [-0.1, -0.05) is 84.3 Å². The SMILES string of the molecule is C/C(=C\COP(=O)(O)OP(=O)(O)O)CCC[C@@H](C)CCC[C@@H](C)CCCC(C)C. The van der Waals surface area contributed by atoms with E-state index in [0.717, 1.165) is 36.7 Å². The molecule has 9 heteroatoms. The zero-order valence-electron chi connectivity index (χ0n) is 18.7. The van der Waals surface area contributed by atoms with Crippen LogP contribution < -0.4 is 0 Å². The molecule has 0 saturated heterocycles. The van der Waals surface area contributed by atoms with Gasteiger partial charge in [0.2, 0.25) is 0 Å². The summed E-state index contributed by atoms with van der Waals surface area (Å²) >= 11 is 0. The summed E-state index contributed by atoms with van der Waals surface area (Å²) in [5, 5.41) is 0. The van der Waals surface area contributed by atoms with Gasteiger partial charge in [-0.25, -0.2) is 9.13 Å². The van der Waals surface area contributed by atoms with Crippen molar-refractivity contribution in [3.05, 3.63) is 11.6 Å². The summed E-state index contributed by atoms with van der Waals surface area (Å²) in [5.74, 6) is 2.28. The molecule has 0 rings (SSSR count). The Morgan fingerprint density at radius 3 is 1.83 bits per heavy atom.